The average molecular weight is 307 g/mol. The van der Waals surface area contributed by atoms with Crippen molar-refractivity contribution in [1.82, 2.24) is 25.2 Å². The number of rotatable bonds is 5. The molecule has 0 bridgehead atoms. The Labute approximate surface area is 131 Å². The lowest BCUT2D eigenvalue weighted by molar-refractivity contribution is -0.128. The molecule has 22 heavy (non-hydrogen) atoms. The van der Waals surface area contributed by atoms with Gasteiger partial charge >= 0.3 is 0 Å². The number of hydrogen-bond donors (Lipinski definition) is 1. The van der Waals surface area contributed by atoms with Gasteiger partial charge in [0.25, 0.3) is 0 Å². The second-order valence-corrected chi connectivity index (χ2v) is 6.16. The summed E-state index contributed by atoms with van der Waals surface area (Å²) < 4.78 is 5.34. The van der Waals surface area contributed by atoms with E-state index in [0.29, 0.717) is 6.04 Å². The molecule has 1 atom stereocenters. The van der Waals surface area contributed by atoms with Gasteiger partial charge in [0.2, 0.25) is 5.91 Å². The van der Waals surface area contributed by atoms with Crippen LogP contribution < -0.4 is 5.32 Å². The smallest absolute Gasteiger partial charge is 0.224 e. The number of hydrogen-bond acceptors (Lipinski definition) is 5. The van der Waals surface area contributed by atoms with E-state index in [1.807, 2.05) is 0 Å². The fourth-order valence-electron chi connectivity index (χ4n) is 3.22. The van der Waals surface area contributed by atoms with Crippen LogP contribution in [0.5, 0.6) is 0 Å². The fraction of sp³-hybridized carbons (Fsp3) is 0.800. The predicted octanol–water partition coefficient (Wildman–Crippen LogP) is 0.285. The van der Waals surface area contributed by atoms with Gasteiger partial charge in [-0.3, -0.25) is 4.79 Å². The molecule has 1 aromatic heterocycles. The Morgan fingerprint density at radius 1 is 1.18 bits per heavy atom. The molecule has 1 N–H and O–H groups in total. The third-order valence-corrected chi connectivity index (χ3v) is 4.53. The molecular formula is C15H25N5O2. The minimum Gasteiger partial charge on any atom is -0.381 e. The second kappa shape index (κ2) is 7.69. The molecule has 1 amide bonds. The van der Waals surface area contributed by atoms with E-state index in [2.05, 4.69) is 20.4 Å². The molecule has 0 saturated carbocycles. The quantitative estimate of drug-likeness (QED) is 0.846. The van der Waals surface area contributed by atoms with Gasteiger partial charge in [0.1, 0.15) is 0 Å². The molecule has 7 heteroatoms. The minimum atomic E-state index is 0.113. The van der Waals surface area contributed by atoms with Gasteiger partial charge in [-0.25, -0.2) is 0 Å². The van der Waals surface area contributed by atoms with Crippen molar-refractivity contribution >= 4 is 5.91 Å². The number of amides is 1. The molecule has 7 nitrogen and oxygen atoms in total. The Balaban J connectivity index is 1.43. The van der Waals surface area contributed by atoms with Crippen LogP contribution >= 0.6 is 0 Å². The Morgan fingerprint density at radius 3 is 2.73 bits per heavy atom. The van der Waals surface area contributed by atoms with E-state index in [0.717, 1.165) is 65.1 Å². The highest BCUT2D eigenvalue weighted by Gasteiger charge is 2.27. The molecule has 122 valence electrons. The van der Waals surface area contributed by atoms with E-state index in [1.165, 1.54) is 0 Å². The first-order chi connectivity index (χ1) is 10.8. The summed E-state index contributed by atoms with van der Waals surface area (Å²) in [5.74, 6) is 0.330. The lowest BCUT2D eigenvalue weighted by Crippen LogP contribution is -2.47. The van der Waals surface area contributed by atoms with Crippen molar-refractivity contribution in [3.63, 3.8) is 0 Å². The van der Waals surface area contributed by atoms with Crippen molar-refractivity contribution in [2.24, 2.45) is 5.92 Å². The van der Waals surface area contributed by atoms with Crippen LogP contribution in [0.15, 0.2) is 12.4 Å². The average Bonchev–Trinajstić information content (AvgIpc) is 3.08. The summed E-state index contributed by atoms with van der Waals surface area (Å²) in [6.45, 7) is 5.10. The third kappa shape index (κ3) is 4.27. The minimum absolute atomic E-state index is 0.113. The van der Waals surface area contributed by atoms with E-state index >= 15 is 0 Å². The van der Waals surface area contributed by atoms with Crippen molar-refractivity contribution in [3.05, 3.63) is 12.4 Å². The highest BCUT2D eigenvalue weighted by atomic mass is 16.5. The number of carbonyl (C=O) groups excluding carboxylic acids is 1. The summed E-state index contributed by atoms with van der Waals surface area (Å²) in [5, 5.41) is 11.4. The van der Waals surface area contributed by atoms with Crippen LogP contribution in [-0.2, 0) is 16.1 Å². The molecule has 2 aliphatic heterocycles. The summed E-state index contributed by atoms with van der Waals surface area (Å²) in [5.41, 5.74) is 0. The zero-order valence-electron chi connectivity index (χ0n) is 13.0. The monoisotopic (exact) mass is 307 g/mol. The number of aromatic nitrogens is 3. The maximum absolute atomic E-state index is 12.4. The maximum atomic E-state index is 12.4. The van der Waals surface area contributed by atoms with Gasteiger partial charge < -0.3 is 15.0 Å². The van der Waals surface area contributed by atoms with Crippen LogP contribution in [0, 0.1) is 5.92 Å². The molecule has 3 rings (SSSR count). The van der Waals surface area contributed by atoms with Gasteiger partial charge in [-0.05, 0) is 32.2 Å². The van der Waals surface area contributed by atoms with E-state index in [1.54, 1.807) is 17.2 Å². The predicted molar refractivity (Wildman–Crippen MR) is 81.2 cm³/mol. The second-order valence-electron chi connectivity index (χ2n) is 6.16. The Bertz CT molecular complexity index is 459. The number of ether oxygens (including phenoxy) is 1. The van der Waals surface area contributed by atoms with Gasteiger partial charge in [-0.15, -0.1) is 0 Å². The van der Waals surface area contributed by atoms with E-state index in [4.69, 9.17) is 4.74 Å². The van der Waals surface area contributed by atoms with Crippen LogP contribution in [0.2, 0.25) is 0 Å². The molecule has 0 spiro atoms. The number of nitrogens with one attached hydrogen (secondary N) is 1. The summed E-state index contributed by atoms with van der Waals surface area (Å²) in [4.78, 5) is 16.5. The number of carbonyl (C=O) groups is 1. The van der Waals surface area contributed by atoms with Gasteiger partial charge in [-0.1, -0.05) is 0 Å². The van der Waals surface area contributed by atoms with Crippen molar-refractivity contribution in [2.75, 3.05) is 32.8 Å². The zero-order chi connectivity index (χ0) is 15.2. The van der Waals surface area contributed by atoms with E-state index in [9.17, 15) is 4.79 Å². The zero-order valence-corrected chi connectivity index (χ0v) is 13.0. The van der Waals surface area contributed by atoms with Crippen molar-refractivity contribution in [3.8, 4) is 0 Å². The number of likely N-dealkylation sites (tertiary alicyclic amines) is 1. The molecule has 2 aliphatic rings. The summed E-state index contributed by atoms with van der Waals surface area (Å²) >= 11 is 0. The Hall–Kier alpha value is -1.47. The third-order valence-electron chi connectivity index (χ3n) is 4.53. The molecule has 3 heterocycles. The summed E-state index contributed by atoms with van der Waals surface area (Å²) in [6, 6.07) is 0.296. The molecule has 1 aromatic rings. The van der Waals surface area contributed by atoms with Crippen molar-refractivity contribution in [1.29, 1.82) is 0 Å². The highest BCUT2D eigenvalue weighted by Crippen LogP contribution is 2.17. The SMILES string of the molecule is O=C(NC1CCOCC1)C1CCCN(CCn2nccn2)C1. The van der Waals surface area contributed by atoms with Gasteiger partial charge in [0, 0.05) is 32.3 Å². The van der Waals surface area contributed by atoms with Gasteiger partial charge in [-0.2, -0.15) is 15.0 Å². The standard InChI is InChI=1S/C15H25N5O2/c21-15(18-14-3-10-22-11-4-14)13-2-1-7-19(12-13)8-9-20-16-5-6-17-20/h5-6,13-14H,1-4,7-12H2,(H,18,21). The number of piperidine rings is 1. The lowest BCUT2D eigenvalue weighted by Gasteiger charge is -2.33. The number of nitrogens with zero attached hydrogens (tertiary/aromatic N) is 4. The van der Waals surface area contributed by atoms with Crippen molar-refractivity contribution in [2.45, 2.75) is 38.3 Å². The van der Waals surface area contributed by atoms with Crippen LogP contribution in [-0.4, -0.2) is 64.7 Å². The lowest BCUT2D eigenvalue weighted by atomic mass is 9.96. The molecule has 1 unspecified atom stereocenters. The fourth-order valence-corrected chi connectivity index (χ4v) is 3.22. The summed E-state index contributed by atoms with van der Waals surface area (Å²) in [7, 11) is 0. The van der Waals surface area contributed by atoms with Crippen molar-refractivity contribution < 1.29 is 9.53 Å². The van der Waals surface area contributed by atoms with Crippen LogP contribution in [0.1, 0.15) is 25.7 Å². The highest BCUT2D eigenvalue weighted by molar-refractivity contribution is 5.79. The Kier molecular flexibility index (Phi) is 5.39. The van der Waals surface area contributed by atoms with Gasteiger partial charge in [0.15, 0.2) is 0 Å². The van der Waals surface area contributed by atoms with Crippen LogP contribution in [0.3, 0.4) is 0 Å². The largest absolute Gasteiger partial charge is 0.381 e. The molecule has 0 radical (unpaired) electrons. The molecule has 2 fully saturated rings. The first kappa shape index (κ1) is 15.4. The molecule has 2 saturated heterocycles. The normalized spacial score (nSPS) is 24.3. The molecular weight excluding hydrogens is 282 g/mol. The maximum Gasteiger partial charge on any atom is 0.224 e. The topological polar surface area (TPSA) is 72.3 Å². The van der Waals surface area contributed by atoms with Gasteiger partial charge in [0.05, 0.1) is 24.9 Å². The Morgan fingerprint density at radius 2 is 1.95 bits per heavy atom. The summed E-state index contributed by atoms with van der Waals surface area (Å²) in [6.07, 6.45) is 7.34. The van der Waals surface area contributed by atoms with Crippen LogP contribution in [0.25, 0.3) is 0 Å². The first-order valence-electron chi connectivity index (χ1n) is 8.26. The van der Waals surface area contributed by atoms with E-state index < -0.39 is 0 Å². The molecule has 0 aromatic carbocycles. The van der Waals surface area contributed by atoms with E-state index in [-0.39, 0.29) is 11.8 Å². The van der Waals surface area contributed by atoms with Crippen LogP contribution in [0.4, 0.5) is 0 Å². The first-order valence-corrected chi connectivity index (χ1v) is 8.26. The molecule has 0 aliphatic carbocycles.